The highest BCUT2D eigenvalue weighted by molar-refractivity contribution is 5.79. The number of methoxy groups -OCH3 is 1. The largest absolute Gasteiger partial charge is 0.467 e. The number of hydrogen-bond donors (Lipinski definition) is 2. The van der Waals surface area contributed by atoms with Crippen molar-refractivity contribution in [3.63, 3.8) is 0 Å². The number of carbonyl (C=O) groups is 1. The first-order chi connectivity index (χ1) is 8.02. The lowest BCUT2D eigenvalue weighted by Gasteiger charge is -2.18. The van der Waals surface area contributed by atoms with E-state index in [0.717, 1.165) is 0 Å². The number of rotatable bonds is 5. The predicted molar refractivity (Wildman–Crippen MR) is 67.5 cm³/mol. The Balaban J connectivity index is 2.75. The molecule has 0 saturated carbocycles. The van der Waals surface area contributed by atoms with Crippen LogP contribution >= 0.6 is 0 Å². The summed E-state index contributed by atoms with van der Waals surface area (Å²) in [4.78, 5) is 15.7. The van der Waals surface area contributed by atoms with Crippen molar-refractivity contribution in [2.75, 3.05) is 18.2 Å². The third-order valence-electron chi connectivity index (χ3n) is 2.30. The molecule has 5 nitrogen and oxygen atoms in total. The average molecular weight is 237 g/mol. The minimum absolute atomic E-state index is 0.289. The quantitative estimate of drug-likeness (QED) is 0.762. The second kappa shape index (κ2) is 6.08. The highest BCUT2D eigenvalue weighted by atomic mass is 16.5. The number of aromatic nitrogens is 1. The summed E-state index contributed by atoms with van der Waals surface area (Å²) in [7, 11) is 1.38. The molecule has 3 N–H and O–H groups in total. The molecule has 0 aliphatic heterocycles. The van der Waals surface area contributed by atoms with E-state index in [2.05, 4.69) is 10.3 Å². The molecule has 0 spiro atoms. The van der Waals surface area contributed by atoms with Crippen LogP contribution in [0.4, 0.5) is 11.5 Å². The van der Waals surface area contributed by atoms with Gasteiger partial charge in [-0.15, -0.1) is 0 Å². The van der Waals surface area contributed by atoms with Crippen LogP contribution in [-0.2, 0) is 9.53 Å². The molecule has 1 aromatic heterocycles. The normalized spacial score (nSPS) is 12.2. The van der Waals surface area contributed by atoms with Crippen molar-refractivity contribution >= 4 is 17.5 Å². The highest BCUT2D eigenvalue weighted by Crippen LogP contribution is 2.14. The zero-order valence-electron chi connectivity index (χ0n) is 10.4. The number of nitrogen functional groups attached to an aromatic ring is 1. The lowest BCUT2D eigenvalue weighted by molar-refractivity contribution is -0.141. The first-order valence-electron chi connectivity index (χ1n) is 5.58. The maximum Gasteiger partial charge on any atom is 0.328 e. The topological polar surface area (TPSA) is 77.2 Å². The first-order valence-corrected chi connectivity index (χ1v) is 5.58. The zero-order chi connectivity index (χ0) is 12.8. The van der Waals surface area contributed by atoms with Crippen LogP contribution in [-0.4, -0.2) is 24.1 Å². The number of anilines is 2. The average Bonchev–Trinajstić information content (AvgIpc) is 2.26. The number of nitrogens with two attached hydrogens (primary N) is 1. The van der Waals surface area contributed by atoms with E-state index < -0.39 is 6.04 Å². The Morgan fingerprint density at radius 1 is 1.59 bits per heavy atom. The van der Waals surface area contributed by atoms with Gasteiger partial charge in [0.1, 0.15) is 11.9 Å². The van der Waals surface area contributed by atoms with Gasteiger partial charge in [-0.3, -0.25) is 0 Å². The molecule has 0 amide bonds. The summed E-state index contributed by atoms with van der Waals surface area (Å²) in [5.41, 5.74) is 6.26. The third-order valence-corrected chi connectivity index (χ3v) is 2.30. The first kappa shape index (κ1) is 13.3. The van der Waals surface area contributed by atoms with E-state index >= 15 is 0 Å². The molecule has 0 fully saturated rings. The standard InChI is InChI=1S/C12H19N3O2/c1-8(2)6-10(12(16)17-3)15-11-7-9(13)4-5-14-11/h4-5,7-8,10H,6H2,1-3H3,(H3,13,14,15). The van der Waals surface area contributed by atoms with Gasteiger partial charge in [0.25, 0.3) is 0 Å². The van der Waals surface area contributed by atoms with Crippen LogP contribution in [0.5, 0.6) is 0 Å². The maximum atomic E-state index is 11.6. The molecule has 5 heteroatoms. The van der Waals surface area contributed by atoms with Gasteiger partial charge in [0.2, 0.25) is 0 Å². The van der Waals surface area contributed by atoms with E-state index in [1.807, 2.05) is 13.8 Å². The number of pyridine rings is 1. The van der Waals surface area contributed by atoms with Gasteiger partial charge in [-0.25, -0.2) is 9.78 Å². The van der Waals surface area contributed by atoms with Crippen molar-refractivity contribution in [2.45, 2.75) is 26.3 Å². The minimum atomic E-state index is -0.394. The van der Waals surface area contributed by atoms with Gasteiger partial charge >= 0.3 is 5.97 Å². The number of hydrogen-bond acceptors (Lipinski definition) is 5. The molecule has 1 unspecified atom stereocenters. The molecule has 94 valence electrons. The minimum Gasteiger partial charge on any atom is -0.467 e. The molecular formula is C12H19N3O2. The molecule has 0 radical (unpaired) electrons. The summed E-state index contributed by atoms with van der Waals surface area (Å²) in [6.07, 6.45) is 2.28. The van der Waals surface area contributed by atoms with Crippen molar-refractivity contribution in [3.05, 3.63) is 18.3 Å². The van der Waals surface area contributed by atoms with Crippen molar-refractivity contribution in [3.8, 4) is 0 Å². The fraction of sp³-hybridized carbons (Fsp3) is 0.500. The van der Waals surface area contributed by atoms with Gasteiger partial charge in [0.05, 0.1) is 7.11 Å². The highest BCUT2D eigenvalue weighted by Gasteiger charge is 2.20. The Hall–Kier alpha value is -1.78. The van der Waals surface area contributed by atoms with Gasteiger partial charge < -0.3 is 15.8 Å². The van der Waals surface area contributed by atoms with Crippen LogP contribution in [0, 0.1) is 5.92 Å². The molecular weight excluding hydrogens is 218 g/mol. The second-order valence-corrected chi connectivity index (χ2v) is 4.32. The van der Waals surface area contributed by atoms with Crippen molar-refractivity contribution in [2.24, 2.45) is 5.92 Å². The van der Waals surface area contributed by atoms with E-state index in [9.17, 15) is 4.79 Å². The number of esters is 1. The fourth-order valence-corrected chi connectivity index (χ4v) is 1.53. The molecule has 0 aliphatic carbocycles. The van der Waals surface area contributed by atoms with E-state index in [1.54, 1.807) is 18.3 Å². The van der Waals surface area contributed by atoms with Crippen LogP contribution in [0.25, 0.3) is 0 Å². The smallest absolute Gasteiger partial charge is 0.328 e. The van der Waals surface area contributed by atoms with Crippen LogP contribution in [0.15, 0.2) is 18.3 Å². The number of nitrogens with one attached hydrogen (secondary N) is 1. The molecule has 0 aliphatic rings. The van der Waals surface area contributed by atoms with Crippen LogP contribution in [0.3, 0.4) is 0 Å². The molecule has 1 rings (SSSR count). The molecule has 0 bridgehead atoms. The summed E-state index contributed by atoms with van der Waals surface area (Å²) in [6, 6.07) is 2.99. The maximum absolute atomic E-state index is 11.6. The summed E-state index contributed by atoms with van der Waals surface area (Å²) in [5, 5.41) is 3.04. The van der Waals surface area contributed by atoms with Crippen LogP contribution < -0.4 is 11.1 Å². The molecule has 1 atom stereocenters. The Labute approximate surface area is 101 Å². The summed E-state index contributed by atoms with van der Waals surface area (Å²) < 4.78 is 4.76. The third kappa shape index (κ3) is 4.30. The molecule has 1 heterocycles. The molecule has 17 heavy (non-hydrogen) atoms. The summed E-state index contributed by atoms with van der Waals surface area (Å²) >= 11 is 0. The Morgan fingerprint density at radius 2 is 2.29 bits per heavy atom. The monoisotopic (exact) mass is 237 g/mol. The van der Waals surface area contributed by atoms with E-state index in [4.69, 9.17) is 10.5 Å². The van der Waals surface area contributed by atoms with Gasteiger partial charge in [0, 0.05) is 18.0 Å². The molecule has 0 saturated heterocycles. The Bertz CT molecular complexity index is 380. The molecule has 0 aromatic carbocycles. The van der Waals surface area contributed by atoms with Gasteiger partial charge in [0.15, 0.2) is 0 Å². The summed E-state index contributed by atoms with van der Waals surface area (Å²) in [6.45, 7) is 4.09. The van der Waals surface area contributed by atoms with Gasteiger partial charge in [-0.1, -0.05) is 13.8 Å². The second-order valence-electron chi connectivity index (χ2n) is 4.32. The Morgan fingerprint density at radius 3 is 2.82 bits per heavy atom. The fourth-order valence-electron chi connectivity index (χ4n) is 1.53. The lowest BCUT2D eigenvalue weighted by Crippen LogP contribution is -2.32. The lowest BCUT2D eigenvalue weighted by atomic mass is 10.0. The van der Waals surface area contributed by atoms with Gasteiger partial charge in [-0.2, -0.15) is 0 Å². The number of nitrogens with zero attached hydrogens (tertiary/aromatic N) is 1. The Kier molecular flexibility index (Phi) is 4.75. The van der Waals surface area contributed by atoms with Gasteiger partial charge in [-0.05, 0) is 18.4 Å². The van der Waals surface area contributed by atoms with E-state index in [-0.39, 0.29) is 5.97 Å². The number of ether oxygens (including phenoxy) is 1. The van der Waals surface area contributed by atoms with E-state index in [1.165, 1.54) is 7.11 Å². The van der Waals surface area contributed by atoms with E-state index in [0.29, 0.717) is 23.8 Å². The molecule has 1 aromatic rings. The summed E-state index contributed by atoms with van der Waals surface area (Å²) in [5.74, 6) is 0.677. The van der Waals surface area contributed by atoms with Crippen molar-refractivity contribution in [1.82, 2.24) is 4.98 Å². The van der Waals surface area contributed by atoms with Crippen molar-refractivity contribution < 1.29 is 9.53 Å². The van der Waals surface area contributed by atoms with Crippen LogP contribution in [0.2, 0.25) is 0 Å². The van der Waals surface area contributed by atoms with Crippen molar-refractivity contribution in [1.29, 1.82) is 0 Å². The SMILES string of the molecule is COC(=O)C(CC(C)C)Nc1cc(N)ccn1. The van der Waals surface area contributed by atoms with Crippen LogP contribution in [0.1, 0.15) is 20.3 Å². The zero-order valence-corrected chi connectivity index (χ0v) is 10.4. The number of carbonyl (C=O) groups excluding carboxylic acids is 1. The predicted octanol–water partition coefficient (Wildman–Crippen LogP) is 1.66.